The highest BCUT2D eigenvalue weighted by atomic mass is 16.5. The lowest BCUT2D eigenvalue weighted by Gasteiger charge is -2.12. The second-order valence-corrected chi connectivity index (χ2v) is 4.10. The Morgan fingerprint density at radius 1 is 1.38 bits per heavy atom. The van der Waals surface area contributed by atoms with E-state index in [4.69, 9.17) is 14.7 Å². The van der Waals surface area contributed by atoms with E-state index in [0.717, 1.165) is 0 Å². The largest absolute Gasteiger partial charge is 0.506 e. The highest BCUT2D eigenvalue weighted by Crippen LogP contribution is 2.30. The Kier molecular flexibility index (Phi) is 5.49. The van der Waals surface area contributed by atoms with Crippen molar-refractivity contribution in [2.45, 2.75) is 20.8 Å². The number of aryl methyl sites for hydroxylation is 1. The van der Waals surface area contributed by atoms with Crippen LogP contribution in [0.15, 0.2) is 23.8 Å². The number of hydrogen-bond donors (Lipinski definition) is 1. The Morgan fingerprint density at radius 2 is 2.05 bits per heavy atom. The summed E-state index contributed by atoms with van der Waals surface area (Å²) in [4.78, 5) is 22.8. The standard InChI is InChI=1S/C15H15NO5/c1-4-20-15(19)12(8-16)13(18)11-7-5-6-9(2)14(11)21-10(3)17/h5-7,18H,4H2,1-3H3/b13-12+. The van der Waals surface area contributed by atoms with Crippen LogP contribution in [0, 0.1) is 18.3 Å². The lowest BCUT2D eigenvalue weighted by atomic mass is 10.0. The number of nitrogens with zero attached hydrogens (tertiary/aromatic N) is 1. The zero-order valence-corrected chi connectivity index (χ0v) is 12.0. The first kappa shape index (κ1) is 16.2. The van der Waals surface area contributed by atoms with E-state index < -0.39 is 23.3 Å². The zero-order valence-electron chi connectivity index (χ0n) is 12.0. The van der Waals surface area contributed by atoms with Gasteiger partial charge in [0.15, 0.2) is 11.3 Å². The van der Waals surface area contributed by atoms with Crippen LogP contribution in [0.25, 0.3) is 5.76 Å². The molecular formula is C15H15NO5. The van der Waals surface area contributed by atoms with E-state index in [0.29, 0.717) is 5.56 Å². The second-order valence-electron chi connectivity index (χ2n) is 4.10. The van der Waals surface area contributed by atoms with E-state index in [-0.39, 0.29) is 17.9 Å². The van der Waals surface area contributed by atoms with E-state index in [1.54, 1.807) is 32.0 Å². The van der Waals surface area contributed by atoms with Gasteiger partial charge in [-0.15, -0.1) is 0 Å². The minimum absolute atomic E-state index is 0.0713. The predicted molar refractivity (Wildman–Crippen MR) is 74.3 cm³/mol. The molecule has 0 aliphatic carbocycles. The molecule has 1 N–H and O–H groups in total. The highest BCUT2D eigenvalue weighted by molar-refractivity contribution is 6.00. The molecule has 1 rings (SSSR count). The summed E-state index contributed by atoms with van der Waals surface area (Å²) < 4.78 is 9.74. The minimum atomic E-state index is -0.937. The topological polar surface area (TPSA) is 96.6 Å². The van der Waals surface area contributed by atoms with Gasteiger partial charge in [0.2, 0.25) is 0 Å². The van der Waals surface area contributed by atoms with Gasteiger partial charge in [0.1, 0.15) is 11.8 Å². The Labute approximate surface area is 122 Å². The summed E-state index contributed by atoms with van der Waals surface area (Å²) in [6, 6.07) is 6.32. The number of ether oxygens (including phenoxy) is 2. The maximum absolute atomic E-state index is 11.6. The molecule has 0 fully saturated rings. The molecule has 0 saturated carbocycles. The van der Waals surface area contributed by atoms with Gasteiger partial charge in [0.05, 0.1) is 12.2 Å². The molecule has 0 spiro atoms. The van der Waals surface area contributed by atoms with Crippen LogP contribution in [0.5, 0.6) is 5.75 Å². The molecule has 1 aromatic carbocycles. The summed E-state index contributed by atoms with van der Waals surface area (Å²) in [5, 5.41) is 19.2. The molecule has 0 heterocycles. The molecule has 0 saturated heterocycles. The Bertz CT molecular complexity index is 640. The maximum atomic E-state index is 11.6. The summed E-state index contributed by atoms with van der Waals surface area (Å²) >= 11 is 0. The van der Waals surface area contributed by atoms with Gasteiger partial charge in [-0.05, 0) is 25.5 Å². The highest BCUT2D eigenvalue weighted by Gasteiger charge is 2.21. The molecule has 0 atom stereocenters. The fourth-order valence-corrected chi connectivity index (χ4v) is 1.65. The van der Waals surface area contributed by atoms with Crippen LogP contribution in [-0.4, -0.2) is 23.7 Å². The van der Waals surface area contributed by atoms with Crippen molar-refractivity contribution in [3.8, 4) is 11.8 Å². The summed E-state index contributed by atoms with van der Waals surface area (Å²) in [6.07, 6.45) is 0. The van der Waals surface area contributed by atoms with Crippen molar-refractivity contribution in [2.75, 3.05) is 6.61 Å². The number of rotatable bonds is 4. The molecule has 6 heteroatoms. The van der Waals surface area contributed by atoms with E-state index in [2.05, 4.69) is 0 Å². The van der Waals surface area contributed by atoms with Gasteiger partial charge >= 0.3 is 11.9 Å². The summed E-state index contributed by atoms with van der Waals surface area (Å²) in [6.45, 7) is 4.54. The van der Waals surface area contributed by atoms with Crippen LogP contribution in [0.1, 0.15) is 25.0 Å². The summed E-state index contributed by atoms with van der Waals surface area (Å²) in [5.74, 6) is -2.00. The van der Waals surface area contributed by atoms with Crippen molar-refractivity contribution >= 4 is 17.7 Å². The van der Waals surface area contributed by atoms with Gasteiger partial charge in [0, 0.05) is 6.92 Å². The summed E-state index contributed by atoms with van der Waals surface area (Å²) in [5.41, 5.74) is 0.112. The van der Waals surface area contributed by atoms with Gasteiger partial charge in [-0.25, -0.2) is 4.79 Å². The third kappa shape index (κ3) is 3.83. The van der Waals surface area contributed by atoms with Crippen molar-refractivity contribution in [1.82, 2.24) is 0 Å². The number of nitriles is 1. The smallest absolute Gasteiger partial charge is 0.352 e. The van der Waals surface area contributed by atoms with Crippen molar-refractivity contribution in [2.24, 2.45) is 0 Å². The van der Waals surface area contributed by atoms with Crippen molar-refractivity contribution in [1.29, 1.82) is 5.26 Å². The van der Waals surface area contributed by atoms with Crippen LogP contribution in [0.3, 0.4) is 0 Å². The molecule has 21 heavy (non-hydrogen) atoms. The molecule has 0 unspecified atom stereocenters. The zero-order chi connectivity index (χ0) is 16.0. The third-order valence-corrected chi connectivity index (χ3v) is 2.54. The SMILES string of the molecule is CCOC(=O)/C(C#N)=C(/O)c1cccc(C)c1OC(C)=O. The van der Waals surface area contributed by atoms with E-state index in [1.165, 1.54) is 13.0 Å². The van der Waals surface area contributed by atoms with E-state index in [9.17, 15) is 14.7 Å². The van der Waals surface area contributed by atoms with Gasteiger partial charge in [-0.3, -0.25) is 4.79 Å². The molecule has 110 valence electrons. The number of aliphatic hydroxyl groups excluding tert-OH is 1. The lowest BCUT2D eigenvalue weighted by Crippen LogP contribution is -2.10. The quantitative estimate of drug-likeness (QED) is 0.300. The molecule has 0 radical (unpaired) electrons. The number of benzene rings is 1. The Hall–Kier alpha value is -2.81. The summed E-state index contributed by atoms with van der Waals surface area (Å²) in [7, 11) is 0. The van der Waals surface area contributed by atoms with Crippen LogP contribution >= 0.6 is 0 Å². The number of aliphatic hydroxyl groups is 1. The molecule has 1 aromatic rings. The van der Waals surface area contributed by atoms with Gasteiger partial charge in [-0.2, -0.15) is 5.26 Å². The molecule has 0 amide bonds. The van der Waals surface area contributed by atoms with Crippen molar-refractivity contribution in [3.63, 3.8) is 0 Å². The average molecular weight is 289 g/mol. The molecule has 0 aliphatic heterocycles. The second kappa shape index (κ2) is 7.10. The van der Waals surface area contributed by atoms with Crippen LogP contribution < -0.4 is 4.74 Å². The molecule has 0 aromatic heterocycles. The van der Waals surface area contributed by atoms with Crippen molar-refractivity contribution in [3.05, 3.63) is 34.9 Å². The van der Waals surface area contributed by atoms with Crippen LogP contribution in [0.2, 0.25) is 0 Å². The van der Waals surface area contributed by atoms with Gasteiger partial charge < -0.3 is 14.6 Å². The van der Waals surface area contributed by atoms with Gasteiger partial charge in [-0.1, -0.05) is 12.1 Å². The molecule has 0 aliphatic rings. The normalized spacial score (nSPS) is 11.1. The number of para-hydroxylation sites is 1. The number of hydrogen-bond acceptors (Lipinski definition) is 6. The van der Waals surface area contributed by atoms with Crippen LogP contribution in [-0.2, 0) is 14.3 Å². The monoisotopic (exact) mass is 289 g/mol. The fraction of sp³-hybridized carbons (Fsp3) is 0.267. The Balaban J connectivity index is 3.44. The average Bonchev–Trinajstić information content (AvgIpc) is 2.41. The Morgan fingerprint density at radius 3 is 2.57 bits per heavy atom. The number of carbonyl (C=O) groups is 2. The minimum Gasteiger partial charge on any atom is -0.506 e. The van der Waals surface area contributed by atoms with E-state index in [1.807, 2.05) is 0 Å². The number of carbonyl (C=O) groups excluding carboxylic acids is 2. The van der Waals surface area contributed by atoms with Gasteiger partial charge in [0.25, 0.3) is 0 Å². The first-order valence-electron chi connectivity index (χ1n) is 6.21. The van der Waals surface area contributed by atoms with Crippen LogP contribution in [0.4, 0.5) is 0 Å². The predicted octanol–water partition coefficient (Wildman–Crippen LogP) is 2.28. The third-order valence-electron chi connectivity index (χ3n) is 2.54. The molecular weight excluding hydrogens is 274 g/mol. The molecule has 0 bridgehead atoms. The van der Waals surface area contributed by atoms with Crippen molar-refractivity contribution < 1.29 is 24.2 Å². The first-order chi connectivity index (χ1) is 9.92. The number of esters is 2. The first-order valence-corrected chi connectivity index (χ1v) is 6.21. The maximum Gasteiger partial charge on any atom is 0.352 e. The molecule has 6 nitrogen and oxygen atoms in total. The lowest BCUT2D eigenvalue weighted by molar-refractivity contribution is -0.138. The van der Waals surface area contributed by atoms with E-state index >= 15 is 0 Å². The fourth-order valence-electron chi connectivity index (χ4n) is 1.65.